The fourth-order valence-electron chi connectivity index (χ4n) is 2.17. The number of carbonyl (C=O) groups is 2. The molecular formula is C14H12Cl2N2O3S. The lowest BCUT2D eigenvalue weighted by Crippen LogP contribution is -2.46. The van der Waals surface area contributed by atoms with Crippen LogP contribution in [0.2, 0.25) is 10.0 Å². The van der Waals surface area contributed by atoms with Crippen LogP contribution in [0.15, 0.2) is 29.5 Å². The lowest BCUT2D eigenvalue weighted by molar-refractivity contribution is -0.150. The molecule has 1 aromatic rings. The molecule has 0 radical (unpaired) electrons. The quantitative estimate of drug-likeness (QED) is 0.491. The SMILES string of the molecule is COC(=O)C(=O)C1=C(C)NC(=S)N[C@@H]1c1cccc(Cl)c1Cl. The maximum atomic E-state index is 12.3. The van der Waals surface area contributed by atoms with Crippen LogP contribution in [-0.4, -0.2) is 24.0 Å². The van der Waals surface area contributed by atoms with E-state index in [-0.39, 0.29) is 10.6 Å². The molecule has 1 aliphatic rings. The normalized spacial score (nSPS) is 17.6. The number of thiocarbonyl (C=S) groups is 1. The molecule has 2 N–H and O–H groups in total. The zero-order valence-electron chi connectivity index (χ0n) is 11.7. The Hall–Kier alpha value is -1.63. The number of hydrogen-bond donors (Lipinski definition) is 2. The molecule has 1 atom stereocenters. The first-order chi connectivity index (χ1) is 10.4. The van der Waals surface area contributed by atoms with Gasteiger partial charge in [-0.25, -0.2) is 4.79 Å². The predicted molar refractivity (Wildman–Crippen MR) is 87.8 cm³/mol. The van der Waals surface area contributed by atoms with Crippen molar-refractivity contribution in [2.24, 2.45) is 0 Å². The van der Waals surface area contributed by atoms with Crippen molar-refractivity contribution in [1.29, 1.82) is 0 Å². The topological polar surface area (TPSA) is 67.4 Å². The molecule has 0 aliphatic carbocycles. The number of ketones is 1. The molecule has 0 unspecified atom stereocenters. The minimum atomic E-state index is -0.964. The fourth-order valence-corrected chi connectivity index (χ4v) is 2.86. The number of nitrogens with one attached hydrogen (secondary N) is 2. The Morgan fingerprint density at radius 2 is 2.00 bits per heavy atom. The average molecular weight is 359 g/mol. The summed E-state index contributed by atoms with van der Waals surface area (Å²) in [4.78, 5) is 23.9. The molecule has 0 spiro atoms. The second kappa shape index (κ2) is 6.64. The Morgan fingerprint density at radius 1 is 1.32 bits per heavy atom. The fraction of sp³-hybridized carbons (Fsp3) is 0.214. The highest BCUT2D eigenvalue weighted by Crippen LogP contribution is 2.35. The van der Waals surface area contributed by atoms with Crippen LogP contribution in [0.1, 0.15) is 18.5 Å². The maximum Gasteiger partial charge on any atom is 0.379 e. The summed E-state index contributed by atoms with van der Waals surface area (Å²) in [5.41, 5.74) is 1.19. The van der Waals surface area contributed by atoms with E-state index < -0.39 is 17.8 Å². The summed E-state index contributed by atoms with van der Waals surface area (Å²) in [6.07, 6.45) is 0. The van der Waals surface area contributed by atoms with Crippen molar-refractivity contribution in [3.8, 4) is 0 Å². The van der Waals surface area contributed by atoms with Crippen LogP contribution < -0.4 is 10.6 Å². The van der Waals surface area contributed by atoms with Crippen LogP contribution in [0.25, 0.3) is 0 Å². The largest absolute Gasteiger partial charge is 0.463 e. The van der Waals surface area contributed by atoms with Crippen LogP contribution in [0.3, 0.4) is 0 Å². The van der Waals surface area contributed by atoms with Gasteiger partial charge < -0.3 is 15.4 Å². The lowest BCUT2D eigenvalue weighted by atomic mass is 9.92. The summed E-state index contributed by atoms with van der Waals surface area (Å²) in [7, 11) is 1.14. The van der Waals surface area contributed by atoms with Crippen LogP contribution in [0, 0.1) is 0 Å². The molecule has 22 heavy (non-hydrogen) atoms. The van der Waals surface area contributed by atoms with Crippen LogP contribution in [-0.2, 0) is 14.3 Å². The van der Waals surface area contributed by atoms with E-state index in [0.29, 0.717) is 21.4 Å². The number of halogens is 2. The van der Waals surface area contributed by atoms with Crippen molar-refractivity contribution in [1.82, 2.24) is 10.6 Å². The Balaban J connectivity index is 2.58. The Morgan fingerprint density at radius 3 is 2.64 bits per heavy atom. The average Bonchev–Trinajstić information content (AvgIpc) is 2.47. The van der Waals surface area contributed by atoms with E-state index >= 15 is 0 Å². The van der Waals surface area contributed by atoms with Crippen LogP contribution in [0.5, 0.6) is 0 Å². The smallest absolute Gasteiger partial charge is 0.379 e. The Kier molecular flexibility index (Phi) is 5.05. The van der Waals surface area contributed by atoms with Gasteiger partial charge in [0.25, 0.3) is 5.78 Å². The molecule has 1 heterocycles. The highest BCUT2D eigenvalue weighted by molar-refractivity contribution is 7.80. The van der Waals surface area contributed by atoms with Gasteiger partial charge in [0.05, 0.1) is 28.8 Å². The number of rotatable bonds is 3. The van der Waals surface area contributed by atoms with Gasteiger partial charge >= 0.3 is 5.97 Å². The van der Waals surface area contributed by atoms with E-state index in [4.69, 9.17) is 35.4 Å². The number of allylic oxidation sites excluding steroid dienone is 1. The third kappa shape index (κ3) is 3.09. The summed E-state index contributed by atoms with van der Waals surface area (Å²) in [6, 6.07) is 4.35. The van der Waals surface area contributed by atoms with Gasteiger partial charge in [-0.15, -0.1) is 0 Å². The van der Waals surface area contributed by atoms with Crippen LogP contribution >= 0.6 is 35.4 Å². The van der Waals surface area contributed by atoms with Crippen LogP contribution in [0.4, 0.5) is 0 Å². The first-order valence-electron chi connectivity index (χ1n) is 6.21. The van der Waals surface area contributed by atoms with Gasteiger partial charge in [-0.05, 0) is 30.8 Å². The first kappa shape index (κ1) is 16.7. The van der Waals surface area contributed by atoms with Crippen molar-refractivity contribution in [2.45, 2.75) is 13.0 Å². The molecule has 0 saturated heterocycles. The molecule has 116 valence electrons. The van der Waals surface area contributed by atoms with Gasteiger partial charge in [-0.3, -0.25) is 4.79 Å². The summed E-state index contributed by atoms with van der Waals surface area (Å²) in [6.45, 7) is 1.65. The Bertz CT molecular complexity index is 703. The van der Waals surface area contributed by atoms with Crippen molar-refractivity contribution >= 4 is 52.3 Å². The number of esters is 1. The van der Waals surface area contributed by atoms with Crippen molar-refractivity contribution in [3.05, 3.63) is 45.1 Å². The number of hydrogen-bond acceptors (Lipinski definition) is 4. The lowest BCUT2D eigenvalue weighted by Gasteiger charge is -2.30. The number of carbonyl (C=O) groups excluding carboxylic acids is 2. The standard InChI is InChI=1S/C14H12Cl2N2O3S/c1-6-9(12(19)13(20)21-2)11(18-14(22)17-6)7-4-3-5-8(15)10(7)16/h3-5,11H,1-2H3,(H2,17,18,22)/t11-/m1/s1. The summed E-state index contributed by atoms with van der Waals surface area (Å²) < 4.78 is 4.51. The molecule has 0 bridgehead atoms. The third-order valence-electron chi connectivity index (χ3n) is 3.18. The molecular weight excluding hydrogens is 347 g/mol. The maximum absolute atomic E-state index is 12.3. The van der Waals surface area contributed by atoms with E-state index in [0.717, 1.165) is 7.11 Å². The molecule has 1 aromatic carbocycles. The molecule has 8 heteroatoms. The van der Waals surface area contributed by atoms with Gasteiger partial charge in [0, 0.05) is 5.70 Å². The highest BCUT2D eigenvalue weighted by atomic mass is 35.5. The van der Waals surface area contributed by atoms with E-state index in [2.05, 4.69) is 15.4 Å². The van der Waals surface area contributed by atoms with Gasteiger partial charge in [0.1, 0.15) is 0 Å². The van der Waals surface area contributed by atoms with E-state index in [1.165, 1.54) is 0 Å². The van der Waals surface area contributed by atoms with Crippen molar-refractivity contribution in [3.63, 3.8) is 0 Å². The zero-order valence-corrected chi connectivity index (χ0v) is 14.0. The minimum absolute atomic E-state index is 0.185. The first-order valence-corrected chi connectivity index (χ1v) is 7.38. The zero-order chi connectivity index (χ0) is 16.4. The second-order valence-electron chi connectivity index (χ2n) is 4.53. The predicted octanol–water partition coefficient (Wildman–Crippen LogP) is 2.53. The number of benzene rings is 1. The highest BCUT2D eigenvalue weighted by Gasteiger charge is 2.34. The summed E-state index contributed by atoms with van der Waals surface area (Å²) in [5.74, 6) is -1.74. The minimum Gasteiger partial charge on any atom is -0.463 e. The van der Waals surface area contributed by atoms with Gasteiger partial charge in [-0.2, -0.15) is 0 Å². The number of ether oxygens (including phenoxy) is 1. The van der Waals surface area contributed by atoms with E-state index in [1.54, 1.807) is 25.1 Å². The van der Waals surface area contributed by atoms with E-state index in [9.17, 15) is 9.59 Å². The number of Topliss-reactive ketones (excluding diaryl/α,β-unsaturated/α-hetero) is 1. The van der Waals surface area contributed by atoms with E-state index in [1.807, 2.05) is 0 Å². The molecule has 0 aromatic heterocycles. The Labute approximate surface area is 142 Å². The third-order valence-corrected chi connectivity index (χ3v) is 4.23. The molecule has 1 aliphatic heterocycles. The summed E-state index contributed by atoms with van der Waals surface area (Å²) in [5, 5.41) is 6.70. The molecule has 2 rings (SSSR count). The molecule has 0 fully saturated rings. The monoisotopic (exact) mass is 358 g/mol. The molecule has 0 saturated carbocycles. The van der Waals surface area contributed by atoms with Gasteiger partial charge in [0.2, 0.25) is 0 Å². The van der Waals surface area contributed by atoms with Gasteiger partial charge in [0.15, 0.2) is 5.11 Å². The number of methoxy groups -OCH3 is 1. The molecule has 0 amide bonds. The van der Waals surface area contributed by atoms with Crippen molar-refractivity contribution in [2.75, 3.05) is 7.11 Å². The van der Waals surface area contributed by atoms with Crippen molar-refractivity contribution < 1.29 is 14.3 Å². The van der Waals surface area contributed by atoms with Gasteiger partial charge in [-0.1, -0.05) is 35.3 Å². The second-order valence-corrected chi connectivity index (χ2v) is 5.73. The molecule has 5 nitrogen and oxygen atoms in total. The summed E-state index contributed by atoms with van der Waals surface area (Å²) >= 11 is 17.4.